The van der Waals surface area contributed by atoms with Crippen molar-refractivity contribution >= 4 is 21.8 Å². The van der Waals surface area contributed by atoms with Gasteiger partial charge in [-0.2, -0.15) is 8.42 Å². The summed E-state index contributed by atoms with van der Waals surface area (Å²) < 4.78 is 36.4. The summed E-state index contributed by atoms with van der Waals surface area (Å²) in [6, 6.07) is 15.4. The Balaban J connectivity index is 1.89. The third kappa shape index (κ3) is 3.77. The number of para-hydroxylation sites is 1. The van der Waals surface area contributed by atoms with Crippen molar-refractivity contribution in [2.75, 3.05) is 12.3 Å². The van der Waals surface area contributed by atoms with E-state index in [1.54, 1.807) is 43.3 Å². The van der Waals surface area contributed by atoms with Gasteiger partial charge in [0.1, 0.15) is 17.1 Å². The molecule has 0 aliphatic heterocycles. The van der Waals surface area contributed by atoms with E-state index in [9.17, 15) is 13.2 Å². The van der Waals surface area contributed by atoms with Crippen LogP contribution in [0.25, 0.3) is 0 Å². The third-order valence-electron chi connectivity index (χ3n) is 3.55. The molecule has 2 aromatic carbocycles. The molecule has 0 saturated carbocycles. The van der Waals surface area contributed by atoms with E-state index >= 15 is 0 Å². The summed E-state index contributed by atoms with van der Waals surface area (Å²) in [5, 5.41) is 3.82. The van der Waals surface area contributed by atoms with Crippen LogP contribution < -0.4 is 15.2 Å². The van der Waals surface area contributed by atoms with Crippen molar-refractivity contribution < 1.29 is 22.7 Å². The molecular formula is C18H17N3O5S. The highest BCUT2D eigenvalue weighted by atomic mass is 32.2. The Morgan fingerprint density at radius 1 is 1.11 bits per heavy atom. The molecule has 0 aliphatic rings. The van der Waals surface area contributed by atoms with Crippen LogP contribution in [0.3, 0.4) is 0 Å². The first-order chi connectivity index (χ1) is 12.9. The normalized spacial score (nSPS) is 11.1. The van der Waals surface area contributed by atoms with Gasteiger partial charge in [-0.25, -0.2) is 4.79 Å². The maximum atomic E-state index is 12.6. The summed E-state index contributed by atoms with van der Waals surface area (Å²) in [6.07, 6.45) is 0. The predicted octanol–water partition coefficient (Wildman–Crippen LogP) is 2.32. The molecule has 9 heteroatoms. The number of nitrogens with zero attached hydrogens (tertiary/aromatic N) is 2. The van der Waals surface area contributed by atoms with Crippen LogP contribution in [-0.2, 0) is 10.0 Å². The molecule has 0 amide bonds. The van der Waals surface area contributed by atoms with Crippen LogP contribution >= 0.6 is 0 Å². The Kier molecular flexibility index (Phi) is 5.13. The smallest absolute Gasteiger partial charge is 0.348 e. The van der Waals surface area contributed by atoms with Gasteiger partial charge in [-0.05, 0) is 31.2 Å². The van der Waals surface area contributed by atoms with Crippen LogP contribution in [0, 0.1) is 0 Å². The molecule has 1 aromatic heterocycles. The summed E-state index contributed by atoms with van der Waals surface area (Å²) in [6.45, 7) is 2.17. The Morgan fingerprint density at radius 2 is 1.78 bits per heavy atom. The Bertz CT molecular complexity index is 1060. The average molecular weight is 387 g/mol. The first-order valence-corrected chi connectivity index (χ1v) is 9.47. The van der Waals surface area contributed by atoms with Crippen molar-refractivity contribution in [3.8, 4) is 11.6 Å². The fourth-order valence-electron chi connectivity index (χ4n) is 2.36. The molecule has 3 aromatic rings. The van der Waals surface area contributed by atoms with Crippen LogP contribution in [0.15, 0.2) is 65.6 Å². The number of anilines is 1. The van der Waals surface area contributed by atoms with Crippen molar-refractivity contribution in [1.29, 1.82) is 0 Å². The maximum Gasteiger partial charge on any atom is 0.348 e. The number of nitrogen functional groups attached to an aromatic ring is 1. The molecule has 0 aliphatic carbocycles. The van der Waals surface area contributed by atoms with Crippen LogP contribution in [0.5, 0.6) is 11.6 Å². The number of hydrogen-bond acceptors (Lipinski definition) is 7. The lowest BCUT2D eigenvalue weighted by atomic mass is 10.2. The van der Waals surface area contributed by atoms with Gasteiger partial charge in [-0.15, -0.1) is 9.19 Å². The molecule has 0 radical (unpaired) electrons. The minimum Gasteiger partial charge on any atom is -0.493 e. The highest BCUT2D eigenvalue weighted by Crippen LogP contribution is 2.23. The SMILES string of the molecule is CCOc1ccccc1C(=O)Oc1cc(N)n(S(=O)(=O)c2ccccc2)n1. The molecule has 140 valence electrons. The van der Waals surface area contributed by atoms with E-state index in [0.717, 1.165) is 0 Å². The molecule has 8 nitrogen and oxygen atoms in total. The number of carbonyl (C=O) groups excluding carboxylic acids is 1. The Hall–Kier alpha value is -3.33. The van der Waals surface area contributed by atoms with E-state index < -0.39 is 16.0 Å². The first kappa shape index (κ1) is 18.5. The second-order valence-corrected chi connectivity index (χ2v) is 7.15. The van der Waals surface area contributed by atoms with Crippen molar-refractivity contribution in [3.05, 3.63) is 66.2 Å². The van der Waals surface area contributed by atoms with E-state index in [1.807, 2.05) is 0 Å². The number of carbonyl (C=O) groups is 1. The molecule has 0 fully saturated rings. The first-order valence-electron chi connectivity index (χ1n) is 8.03. The largest absolute Gasteiger partial charge is 0.493 e. The third-order valence-corrected chi connectivity index (χ3v) is 5.17. The van der Waals surface area contributed by atoms with Crippen molar-refractivity contribution in [3.63, 3.8) is 0 Å². The van der Waals surface area contributed by atoms with E-state index in [4.69, 9.17) is 15.2 Å². The quantitative estimate of drug-likeness (QED) is 0.646. The summed E-state index contributed by atoms with van der Waals surface area (Å²) >= 11 is 0. The van der Waals surface area contributed by atoms with Crippen molar-refractivity contribution in [2.24, 2.45) is 0 Å². The topological polar surface area (TPSA) is 114 Å². The molecule has 2 N–H and O–H groups in total. The van der Waals surface area contributed by atoms with E-state index in [0.29, 0.717) is 16.4 Å². The van der Waals surface area contributed by atoms with Gasteiger partial charge >= 0.3 is 5.97 Å². The van der Waals surface area contributed by atoms with Gasteiger partial charge < -0.3 is 15.2 Å². The highest BCUT2D eigenvalue weighted by molar-refractivity contribution is 7.90. The fourth-order valence-corrected chi connectivity index (χ4v) is 3.58. The number of ether oxygens (including phenoxy) is 2. The lowest BCUT2D eigenvalue weighted by molar-refractivity contribution is 0.0722. The van der Waals surface area contributed by atoms with Gasteiger partial charge in [0.05, 0.1) is 11.5 Å². The number of rotatable bonds is 6. The number of hydrogen-bond donors (Lipinski definition) is 1. The number of aromatic nitrogens is 2. The van der Waals surface area contributed by atoms with Crippen molar-refractivity contribution in [1.82, 2.24) is 9.19 Å². The van der Waals surface area contributed by atoms with Gasteiger partial charge in [0.15, 0.2) is 0 Å². The lowest BCUT2D eigenvalue weighted by Gasteiger charge is -2.08. The molecule has 0 unspecified atom stereocenters. The van der Waals surface area contributed by atoms with Gasteiger partial charge in [0, 0.05) is 6.07 Å². The van der Waals surface area contributed by atoms with E-state index in [2.05, 4.69) is 5.10 Å². The summed E-state index contributed by atoms with van der Waals surface area (Å²) in [7, 11) is -4.00. The molecule has 3 rings (SSSR count). The summed E-state index contributed by atoms with van der Waals surface area (Å²) in [5.74, 6) is -0.793. The molecule has 0 atom stereocenters. The van der Waals surface area contributed by atoms with Crippen LogP contribution in [0.2, 0.25) is 0 Å². The van der Waals surface area contributed by atoms with Crippen LogP contribution in [-0.4, -0.2) is 30.2 Å². The number of benzene rings is 2. The minimum atomic E-state index is -4.00. The fraction of sp³-hybridized carbons (Fsp3) is 0.111. The molecule has 0 saturated heterocycles. The van der Waals surface area contributed by atoms with Gasteiger partial charge in [0.2, 0.25) is 5.88 Å². The summed E-state index contributed by atoms with van der Waals surface area (Å²) in [4.78, 5) is 12.4. The summed E-state index contributed by atoms with van der Waals surface area (Å²) in [5.41, 5.74) is 5.96. The van der Waals surface area contributed by atoms with Gasteiger partial charge in [0.25, 0.3) is 10.0 Å². The second kappa shape index (κ2) is 7.50. The van der Waals surface area contributed by atoms with Gasteiger partial charge in [-0.3, -0.25) is 0 Å². The standard InChI is InChI=1S/C18H17N3O5S/c1-2-25-15-11-7-6-10-14(15)18(22)26-17-12-16(19)21(20-17)27(23,24)13-8-4-3-5-9-13/h3-12H,2,19H2,1H3. The Labute approximate surface area is 156 Å². The average Bonchev–Trinajstić information content (AvgIpc) is 3.04. The van der Waals surface area contributed by atoms with E-state index in [-0.39, 0.29) is 22.2 Å². The molecule has 0 bridgehead atoms. The van der Waals surface area contributed by atoms with Gasteiger partial charge in [-0.1, -0.05) is 30.3 Å². The number of nitrogens with two attached hydrogens (primary N) is 1. The monoisotopic (exact) mass is 387 g/mol. The zero-order valence-electron chi connectivity index (χ0n) is 14.4. The second-order valence-electron chi connectivity index (χ2n) is 5.39. The molecular weight excluding hydrogens is 370 g/mol. The Morgan fingerprint density at radius 3 is 2.48 bits per heavy atom. The zero-order valence-corrected chi connectivity index (χ0v) is 15.2. The zero-order chi connectivity index (χ0) is 19.4. The van der Waals surface area contributed by atoms with Crippen LogP contribution in [0.4, 0.5) is 5.82 Å². The lowest BCUT2D eigenvalue weighted by Crippen LogP contribution is -2.17. The predicted molar refractivity (Wildman–Crippen MR) is 98.2 cm³/mol. The maximum absolute atomic E-state index is 12.6. The number of esters is 1. The van der Waals surface area contributed by atoms with Crippen LogP contribution in [0.1, 0.15) is 17.3 Å². The van der Waals surface area contributed by atoms with E-state index in [1.165, 1.54) is 24.3 Å². The minimum absolute atomic E-state index is 0.0133. The highest BCUT2D eigenvalue weighted by Gasteiger charge is 2.23. The molecule has 27 heavy (non-hydrogen) atoms. The molecule has 1 heterocycles. The molecule has 0 spiro atoms. The van der Waals surface area contributed by atoms with Crippen molar-refractivity contribution in [2.45, 2.75) is 11.8 Å².